The number of hydrogen-bond donors (Lipinski definition) is 0. The van der Waals surface area contributed by atoms with Crippen LogP contribution < -0.4 is 9.47 Å². The Morgan fingerprint density at radius 1 is 1.03 bits per heavy atom. The molecule has 0 bridgehead atoms. The van der Waals surface area contributed by atoms with Gasteiger partial charge in [-0.1, -0.05) is 84.6 Å². The number of rotatable bonds is 7. The highest BCUT2D eigenvalue weighted by Crippen LogP contribution is 2.39. The van der Waals surface area contributed by atoms with Gasteiger partial charge >= 0.3 is 0 Å². The van der Waals surface area contributed by atoms with Gasteiger partial charge in [0.1, 0.15) is 10.9 Å². The molecule has 32 heavy (non-hydrogen) atoms. The number of amides is 1. The largest absolute Gasteiger partial charge is 0.493 e. The van der Waals surface area contributed by atoms with Crippen molar-refractivity contribution in [3.8, 4) is 11.5 Å². The molecule has 1 saturated heterocycles. The molecule has 1 heterocycles. The number of benzene rings is 3. The molecule has 0 unspecified atom stereocenters. The fourth-order valence-electron chi connectivity index (χ4n) is 3.25. The lowest BCUT2D eigenvalue weighted by Gasteiger charge is -2.14. The number of ether oxygens (including phenoxy) is 2. The van der Waals surface area contributed by atoms with Crippen LogP contribution in [0.5, 0.6) is 11.5 Å². The minimum absolute atomic E-state index is 0.0941. The standard InChI is InChI=1S/C25H20BrNO3S2/c1-29-21-13-19(12-20(26)23(21)30-16-18-10-6-3-7-11-18)14-22-24(28)27(25(31)32-22)15-17-8-4-2-5-9-17/h2-14H,15-16H2,1H3/b22-14-. The third kappa shape index (κ3) is 5.23. The Hall–Kier alpha value is -2.61. The quantitative estimate of drug-likeness (QED) is 0.262. The zero-order valence-electron chi connectivity index (χ0n) is 17.3. The number of thioether (sulfide) groups is 1. The summed E-state index contributed by atoms with van der Waals surface area (Å²) in [5.41, 5.74) is 2.92. The zero-order valence-corrected chi connectivity index (χ0v) is 20.5. The lowest BCUT2D eigenvalue weighted by Crippen LogP contribution is -2.27. The van der Waals surface area contributed by atoms with E-state index in [-0.39, 0.29) is 5.91 Å². The van der Waals surface area contributed by atoms with Crippen LogP contribution in [0.2, 0.25) is 0 Å². The van der Waals surface area contributed by atoms with Crippen molar-refractivity contribution in [2.45, 2.75) is 13.2 Å². The van der Waals surface area contributed by atoms with Crippen molar-refractivity contribution in [2.75, 3.05) is 7.11 Å². The van der Waals surface area contributed by atoms with Gasteiger partial charge in [0.15, 0.2) is 11.5 Å². The van der Waals surface area contributed by atoms with E-state index in [9.17, 15) is 4.79 Å². The molecule has 3 aromatic carbocycles. The molecule has 0 atom stereocenters. The molecule has 1 fully saturated rings. The molecule has 1 amide bonds. The van der Waals surface area contributed by atoms with Gasteiger partial charge in [0, 0.05) is 0 Å². The van der Waals surface area contributed by atoms with Crippen LogP contribution in [-0.4, -0.2) is 22.2 Å². The summed E-state index contributed by atoms with van der Waals surface area (Å²) in [5, 5.41) is 0. The smallest absolute Gasteiger partial charge is 0.266 e. The van der Waals surface area contributed by atoms with Gasteiger partial charge in [-0.05, 0) is 50.8 Å². The number of nitrogens with zero attached hydrogens (tertiary/aromatic N) is 1. The molecule has 0 radical (unpaired) electrons. The summed E-state index contributed by atoms with van der Waals surface area (Å²) >= 11 is 10.4. The van der Waals surface area contributed by atoms with E-state index in [1.54, 1.807) is 12.0 Å². The number of hydrogen-bond acceptors (Lipinski definition) is 5. The molecule has 0 aliphatic carbocycles. The maximum atomic E-state index is 13.0. The molecule has 0 spiro atoms. The average molecular weight is 526 g/mol. The fourth-order valence-corrected chi connectivity index (χ4v) is 5.08. The molecule has 162 valence electrons. The predicted molar refractivity (Wildman–Crippen MR) is 137 cm³/mol. The molecule has 1 aliphatic rings. The molecule has 0 aromatic heterocycles. The van der Waals surface area contributed by atoms with Crippen molar-refractivity contribution < 1.29 is 14.3 Å². The Morgan fingerprint density at radius 3 is 2.34 bits per heavy atom. The predicted octanol–water partition coefficient (Wildman–Crippen LogP) is 6.44. The molecule has 1 aliphatic heterocycles. The van der Waals surface area contributed by atoms with Crippen LogP contribution in [0.3, 0.4) is 0 Å². The summed E-state index contributed by atoms with van der Waals surface area (Å²) in [4.78, 5) is 15.2. The monoisotopic (exact) mass is 525 g/mol. The highest BCUT2D eigenvalue weighted by atomic mass is 79.9. The van der Waals surface area contributed by atoms with E-state index >= 15 is 0 Å². The molecular weight excluding hydrogens is 506 g/mol. The zero-order chi connectivity index (χ0) is 22.5. The van der Waals surface area contributed by atoms with Crippen LogP contribution in [0.15, 0.2) is 82.2 Å². The lowest BCUT2D eigenvalue weighted by molar-refractivity contribution is -0.122. The Bertz CT molecular complexity index is 1170. The number of thiocarbonyl (C=S) groups is 1. The minimum Gasteiger partial charge on any atom is -0.493 e. The molecule has 7 heteroatoms. The van der Waals surface area contributed by atoms with E-state index in [4.69, 9.17) is 21.7 Å². The normalized spacial score (nSPS) is 14.8. The van der Waals surface area contributed by atoms with Crippen LogP contribution in [-0.2, 0) is 17.9 Å². The van der Waals surface area contributed by atoms with Gasteiger partial charge in [-0.2, -0.15) is 0 Å². The van der Waals surface area contributed by atoms with E-state index < -0.39 is 0 Å². The van der Waals surface area contributed by atoms with Crippen molar-refractivity contribution in [2.24, 2.45) is 0 Å². The van der Waals surface area contributed by atoms with Crippen molar-refractivity contribution in [1.82, 2.24) is 4.90 Å². The van der Waals surface area contributed by atoms with Gasteiger partial charge in [-0.25, -0.2) is 0 Å². The fraction of sp³-hybridized carbons (Fsp3) is 0.120. The molecule has 4 rings (SSSR count). The summed E-state index contributed by atoms with van der Waals surface area (Å²) in [6.07, 6.45) is 1.83. The second kappa shape index (κ2) is 10.3. The average Bonchev–Trinajstić information content (AvgIpc) is 3.06. The summed E-state index contributed by atoms with van der Waals surface area (Å²) in [5.74, 6) is 1.11. The second-order valence-electron chi connectivity index (χ2n) is 7.06. The first-order valence-electron chi connectivity index (χ1n) is 9.88. The molecule has 3 aromatic rings. The number of halogens is 1. The highest BCUT2D eigenvalue weighted by molar-refractivity contribution is 9.10. The van der Waals surface area contributed by atoms with Gasteiger partial charge < -0.3 is 9.47 Å². The Balaban J connectivity index is 1.54. The number of carbonyl (C=O) groups is 1. The van der Waals surface area contributed by atoms with Gasteiger partial charge in [0.25, 0.3) is 5.91 Å². The van der Waals surface area contributed by atoms with Crippen LogP contribution in [0.1, 0.15) is 16.7 Å². The first-order valence-corrected chi connectivity index (χ1v) is 11.9. The SMILES string of the molecule is COc1cc(/C=C2\SC(=S)N(Cc3ccccc3)C2=O)cc(Br)c1OCc1ccccc1. The molecular formula is C25H20BrNO3S2. The maximum Gasteiger partial charge on any atom is 0.266 e. The van der Waals surface area contributed by atoms with Gasteiger partial charge in [-0.3, -0.25) is 9.69 Å². The summed E-state index contributed by atoms with van der Waals surface area (Å²) in [7, 11) is 1.60. The third-order valence-corrected chi connectivity index (χ3v) is 6.80. The third-order valence-electron chi connectivity index (χ3n) is 4.83. The first kappa shape index (κ1) is 22.6. The topological polar surface area (TPSA) is 38.8 Å². The van der Waals surface area contributed by atoms with Gasteiger partial charge in [0.05, 0.1) is 23.0 Å². The van der Waals surface area contributed by atoms with E-state index in [1.165, 1.54) is 11.8 Å². The Labute approximate surface area is 205 Å². The van der Waals surface area contributed by atoms with E-state index in [0.29, 0.717) is 33.9 Å². The Kier molecular flexibility index (Phi) is 7.29. The van der Waals surface area contributed by atoms with Crippen molar-refractivity contribution >= 4 is 56.2 Å². The van der Waals surface area contributed by atoms with E-state index in [0.717, 1.165) is 21.2 Å². The second-order valence-corrected chi connectivity index (χ2v) is 9.59. The number of methoxy groups -OCH3 is 1. The Morgan fingerprint density at radius 2 is 1.69 bits per heavy atom. The lowest BCUT2D eigenvalue weighted by atomic mass is 10.1. The number of carbonyl (C=O) groups excluding carboxylic acids is 1. The van der Waals surface area contributed by atoms with Gasteiger partial charge in [-0.15, -0.1) is 0 Å². The van der Waals surface area contributed by atoms with Crippen LogP contribution in [0, 0.1) is 0 Å². The summed E-state index contributed by atoms with van der Waals surface area (Å²) in [6, 6.07) is 23.5. The van der Waals surface area contributed by atoms with Crippen molar-refractivity contribution in [3.05, 3.63) is 98.9 Å². The maximum absolute atomic E-state index is 13.0. The minimum atomic E-state index is -0.0941. The highest BCUT2D eigenvalue weighted by Gasteiger charge is 2.32. The van der Waals surface area contributed by atoms with Crippen molar-refractivity contribution in [3.63, 3.8) is 0 Å². The van der Waals surface area contributed by atoms with Crippen molar-refractivity contribution in [1.29, 1.82) is 0 Å². The van der Waals surface area contributed by atoms with Crippen LogP contribution in [0.25, 0.3) is 6.08 Å². The molecule has 0 N–H and O–H groups in total. The first-order chi connectivity index (χ1) is 15.5. The van der Waals surface area contributed by atoms with E-state index in [2.05, 4.69) is 15.9 Å². The summed E-state index contributed by atoms with van der Waals surface area (Å²) in [6.45, 7) is 0.884. The van der Waals surface area contributed by atoms with Crippen LogP contribution in [0.4, 0.5) is 0 Å². The summed E-state index contributed by atoms with van der Waals surface area (Å²) < 4.78 is 12.9. The van der Waals surface area contributed by atoms with Crippen LogP contribution >= 0.6 is 39.9 Å². The van der Waals surface area contributed by atoms with Gasteiger partial charge in [0.2, 0.25) is 0 Å². The molecule has 4 nitrogen and oxygen atoms in total. The molecule has 0 saturated carbocycles. The van der Waals surface area contributed by atoms with E-state index in [1.807, 2.05) is 78.9 Å².